The number of hydrogen-bond donors (Lipinski definition) is 1. The van der Waals surface area contributed by atoms with Crippen LogP contribution in [0.25, 0.3) is 10.2 Å². The molecular weight excluding hydrogens is 360 g/mol. The van der Waals surface area contributed by atoms with E-state index in [4.69, 9.17) is 0 Å². The van der Waals surface area contributed by atoms with Crippen molar-refractivity contribution < 1.29 is 9.59 Å². The molecule has 1 atom stereocenters. The lowest BCUT2D eigenvalue weighted by Gasteiger charge is -2.33. The highest BCUT2D eigenvalue weighted by Crippen LogP contribution is 2.30. The van der Waals surface area contributed by atoms with Crippen molar-refractivity contribution in [3.05, 3.63) is 53.5 Å². The van der Waals surface area contributed by atoms with Crippen molar-refractivity contribution in [3.63, 3.8) is 0 Å². The number of para-hydroxylation sites is 3. The van der Waals surface area contributed by atoms with E-state index in [1.54, 1.807) is 16.2 Å². The van der Waals surface area contributed by atoms with Crippen LogP contribution in [0.4, 0.5) is 11.4 Å². The molecule has 0 unspecified atom stereocenters. The van der Waals surface area contributed by atoms with Crippen LogP contribution in [0.2, 0.25) is 0 Å². The van der Waals surface area contributed by atoms with Crippen LogP contribution in [-0.2, 0) is 16.1 Å². The Balaban J connectivity index is 1.52. The van der Waals surface area contributed by atoms with Crippen LogP contribution in [0.5, 0.6) is 0 Å². The van der Waals surface area contributed by atoms with Crippen LogP contribution < -0.4 is 10.2 Å². The van der Waals surface area contributed by atoms with Gasteiger partial charge >= 0.3 is 0 Å². The molecule has 2 aromatic carbocycles. The summed E-state index contributed by atoms with van der Waals surface area (Å²) < 4.78 is 1.14. The van der Waals surface area contributed by atoms with Crippen molar-refractivity contribution in [2.24, 2.45) is 0 Å². The van der Waals surface area contributed by atoms with Gasteiger partial charge in [0, 0.05) is 0 Å². The Bertz CT molecular complexity index is 983. The summed E-state index contributed by atoms with van der Waals surface area (Å²) in [4.78, 5) is 33.3. The van der Waals surface area contributed by atoms with Crippen LogP contribution in [0, 0.1) is 0 Å². The topological polar surface area (TPSA) is 65.5 Å². The largest absolute Gasteiger partial charge is 0.323 e. The number of aromatic nitrogens is 1. The number of carbonyl (C=O) groups is 2. The molecule has 0 spiro atoms. The summed E-state index contributed by atoms with van der Waals surface area (Å²) in [5.74, 6) is -0.274. The Labute approximate surface area is 161 Å². The van der Waals surface area contributed by atoms with E-state index in [1.165, 1.54) is 0 Å². The van der Waals surface area contributed by atoms with E-state index < -0.39 is 0 Å². The van der Waals surface area contributed by atoms with Crippen molar-refractivity contribution in [2.45, 2.75) is 19.5 Å². The predicted molar refractivity (Wildman–Crippen MR) is 108 cm³/mol. The van der Waals surface area contributed by atoms with Crippen molar-refractivity contribution in [3.8, 4) is 0 Å². The van der Waals surface area contributed by atoms with Gasteiger partial charge in [0.2, 0.25) is 11.8 Å². The first-order chi connectivity index (χ1) is 13.0. The molecule has 0 saturated carbocycles. The van der Waals surface area contributed by atoms with Crippen molar-refractivity contribution >= 4 is 44.7 Å². The number of nitrogens with zero attached hydrogens (tertiary/aromatic N) is 3. The van der Waals surface area contributed by atoms with Crippen LogP contribution in [-0.4, -0.2) is 41.3 Å². The van der Waals surface area contributed by atoms with Gasteiger partial charge in [-0.25, -0.2) is 4.98 Å². The van der Waals surface area contributed by atoms with Crippen LogP contribution in [0.15, 0.2) is 48.5 Å². The lowest BCUT2D eigenvalue weighted by atomic mass is 10.1. The van der Waals surface area contributed by atoms with E-state index in [2.05, 4.69) is 10.3 Å². The standard InChI is InChI=1S/C20H20N4O2S/c1-13(23(2)12-19-22-15-8-4-6-10-17(15)27-19)20(26)24-11-18(25)21-14-7-3-5-9-16(14)24/h3-10,13H,11-12H2,1-2H3,(H,21,25)/t13-/m0/s1. The maximum Gasteiger partial charge on any atom is 0.244 e. The first-order valence-corrected chi connectivity index (χ1v) is 9.59. The first kappa shape index (κ1) is 17.6. The second-order valence-corrected chi connectivity index (χ2v) is 7.77. The Kier molecular flexibility index (Phi) is 4.63. The lowest BCUT2D eigenvalue weighted by molar-refractivity contribution is -0.125. The molecule has 1 N–H and O–H groups in total. The molecule has 2 heterocycles. The molecule has 7 heteroatoms. The number of anilines is 2. The molecule has 0 radical (unpaired) electrons. The number of fused-ring (bicyclic) bond motifs is 2. The highest BCUT2D eigenvalue weighted by Gasteiger charge is 2.31. The fourth-order valence-electron chi connectivity index (χ4n) is 3.18. The molecule has 0 saturated heterocycles. The molecule has 27 heavy (non-hydrogen) atoms. The van der Waals surface area contributed by atoms with Gasteiger partial charge in [0.1, 0.15) is 11.6 Å². The van der Waals surface area contributed by atoms with E-state index in [9.17, 15) is 9.59 Å². The zero-order valence-corrected chi connectivity index (χ0v) is 16.0. The SMILES string of the molecule is C[C@@H](C(=O)N1CC(=O)Nc2ccccc21)N(C)Cc1nc2ccccc2s1. The quantitative estimate of drug-likeness (QED) is 0.755. The second-order valence-electron chi connectivity index (χ2n) is 6.66. The molecule has 1 aromatic heterocycles. The van der Waals surface area contributed by atoms with E-state index >= 15 is 0 Å². The molecule has 3 aromatic rings. The van der Waals surface area contributed by atoms with Gasteiger partial charge in [-0.15, -0.1) is 11.3 Å². The minimum Gasteiger partial charge on any atom is -0.323 e. The second kappa shape index (κ2) is 7.09. The fourth-order valence-corrected chi connectivity index (χ4v) is 4.21. The zero-order valence-electron chi connectivity index (χ0n) is 15.2. The third-order valence-electron chi connectivity index (χ3n) is 4.78. The summed E-state index contributed by atoms with van der Waals surface area (Å²) in [6.07, 6.45) is 0. The van der Waals surface area contributed by atoms with E-state index in [-0.39, 0.29) is 24.4 Å². The summed E-state index contributed by atoms with van der Waals surface area (Å²) >= 11 is 1.64. The van der Waals surface area contributed by atoms with Gasteiger partial charge in [0.15, 0.2) is 0 Å². The normalized spacial score (nSPS) is 14.9. The Morgan fingerprint density at radius 1 is 1.26 bits per heavy atom. The van der Waals surface area contributed by atoms with Gasteiger partial charge in [0.05, 0.1) is 34.2 Å². The van der Waals surface area contributed by atoms with Crippen molar-refractivity contribution in [1.29, 1.82) is 0 Å². The molecule has 138 valence electrons. The Morgan fingerprint density at radius 2 is 2.00 bits per heavy atom. The first-order valence-electron chi connectivity index (χ1n) is 8.78. The molecule has 0 bridgehead atoms. The van der Waals surface area contributed by atoms with Crippen LogP contribution in [0.1, 0.15) is 11.9 Å². The number of carbonyl (C=O) groups excluding carboxylic acids is 2. The van der Waals surface area contributed by atoms with E-state index in [0.717, 1.165) is 20.9 Å². The number of hydrogen-bond acceptors (Lipinski definition) is 5. The Hall–Kier alpha value is -2.77. The number of nitrogens with one attached hydrogen (secondary N) is 1. The van der Waals surface area contributed by atoms with Crippen molar-refractivity contribution in [1.82, 2.24) is 9.88 Å². The third kappa shape index (κ3) is 3.43. The summed E-state index contributed by atoms with van der Waals surface area (Å²) in [5.41, 5.74) is 2.39. The fraction of sp³-hybridized carbons (Fsp3) is 0.250. The van der Waals surface area contributed by atoms with Gasteiger partial charge < -0.3 is 5.32 Å². The van der Waals surface area contributed by atoms with Gasteiger partial charge in [0.25, 0.3) is 0 Å². The summed E-state index contributed by atoms with van der Waals surface area (Å²) in [6, 6.07) is 15.0. The average molecular weight is 380 g/mol. The predicted octanol–water partition coefficient (Wildman–Crippen LogP) is 3.10. The zero-order chi connectivity index (χ0) is 19.0. The number of thiazole rings is 1. The van der Waals surface area contributed by atoms with Crippen LogP contribution in [0.3, 0.4) is 0 Å². The van der Waals surface area contributed by atoms with Gasteiger partial charge in [-0.05, 0) is 38.2 Å². The monoisotopic (exact) mass is 380 g/mol. The number of benzene rings is 2. The number of rotatable bonds is 4. The lowest BCUT2D eigenvalue weighted by Crippen LogP contribution is -2.50. The summed E-state index contributed by atoms with van der Waals surface area (Å²) in [5, 5.41) is 3.78. The molecule has 6 nitrogen and oxygen atoms in total. The number of likely N-dealkylation sites (N-methyl/N-ethyl adjacent to an activating group) is 1. The third-order valence-corrected chi connectivity index (χ3v) is 5.80. The number of amides is 2. The van der Waals surface area contributed by atoms with Crippen molar-refractivity contribution in [2.75, 3.05) is 23.8 Å². The molecular formula is C20H20N4O2S. The molecule has 1 aliphatic heterocycles. The molecule has 4 rings (SSSR count). The van der Waals surface area contributed by atoms with E-state index in [1.807, 2.05) is 67.4 Å². The molecule has 2 amide bonds. The highest BCUT2D eigenvalue weighted by molar-refractivity contribution is 7.18. The van der Waals surface area contributed by atoms with Gasteiger partial charge in [-0.1, -0.05) is 24.3 Å². The summed E-state index contributed by atoms with van der Waals surface area (Å²) in [6.45, 7) is 2.48. The van der Waals surface area contributed by atoms with E-state index in [0.29, 0.717) is 12.2 Å². The maximum absolute atomic E-state index is 13.1. The van der Waals surface area contributed by atoms with Gasteiger partial charge in [-0.2, -0.15) is 0 Å². The minimum absolute atomic E-state index is 0.0369. The molecule has 0 aliphatic carbocycles. The molecule has 0 fully saturated rings. The Morgan fingerprint density at radius 3 is 2.81 bits per heavy atom. The maximum atomic E-state index is 13.1. The van der Waals surface area contributed by atoms with Gasteiger partial charge in [-0.3, -0.25) is 19.4 Å². The minimum atomic E-state index is -0.379. The summed E-state index contributed by atoms with van der Waals surface area (Å²) in [7, 11) is 1.91. The molecule has 1 aliphatic rings. The smallest absolute Gasteiger partial charge is 0.244 e. The van der Waals surface area contributed by atoms with Crippen LogP contribution >= 0.6 is 11.3 Å². The highest BCUT2D eigenvalue weighted by atomic mass is 32.1. The average Bonchev–Trinajstić information content (AvgIpc) is 3.08.